The topological polar surface area (TPSA) is 81.0 Å². The third-order valence-electron chi connectivity index (χ3n) is 3.24. The second-order valence-corrected chi connectivity index (χ2v) is 5.60. The Hall–Kier alpha value is -2.28. The molecule has 0 spiro atoms. The van der Waals surface area contributed by atoms with Gasteiger partial charge in [0.25, 0.3) is 0 Å². The molecule has 0 unspecified atom stereocenters. The largest absolute Gasteiger partial charge is 0.497 e. The van der Waals surface area contributed by atoms with Gasteiger partial charge in [-0.2, -0.15) is 0 Å². The summed E-state index contributed by atoms with van der Waals surface area (Å²) in [5.41, 5.74) is 1.04. The van der Waals surface area contributed by atoms with Crippen LogP contribution in [0.25, 0.3) is 11.0 Å². The van der Waals surface area contributed by atoms with Gasteiger partial charge in [0, 0.05) is 29.7 Å². The lowest BCUT2D eigenvalue weighted by atomic mass is 10.1. The van der Waals surface area contributed by atoms with Gasteiger partial charge in [0.2, 0.25) is 5.16 Å². The summed E-state index contributed by atoms with van der Waals surface area (Å²) in [6.07, 6.45) is 0.811. The molecule has 0 saturated carbocycles. The number of methoxy groups -OCH3 is 1. The van der Waals surface area contributed by atoms with Crippen molar-refractivity contribution in [2.24, 2.45) is 0 Å². The Bertz CT molecular complexity index is 857. The van der Waals surface area contributed by atoms with Crippen molar-refractivity contribution in [3.8, 4) is 5.75 Å². The molecular formula is C15H15N3O3S. The minimum Gasteiger partial charge on any atom is -0.497 e. The molecule has 6 nitrogen and oxygen atoms in total. The van der Waals surface area contributed by atoms with Crippen LogP contribution in [0, 0.1) is 0 Å². The van der Waals surface area contributed by atoms with Crippen LogP contribution in [0.4, 0.5) is 0 Å². The maximum absolute atomic E-state index is 11.7. The molecule has 0 atom stereocenters. The molecule has 3 rings (SSSR count). The highest BCUT2D eigenvalue weighted by Crippen LogP contribution is 2.26. The average molecular weight is 317 g/mol. The van der Waals surface area contributed by atoms with E-state index in [1.54, 1.807) is 13.2 Å². The molecule has 1 N–H and O–H groups in total. The van der Waals surface area contributed by atoms with E-state index in [2.05, 4.69) is 15.2 Å². The van der Waals surface area contributed by atoms with Gasteiger partial charge in [-0.15, -0.1) is 5.10 Å². The number of fused-ring (bicyclic) bond motifs is 1. The number of H-pyrrole nitrogens is 1. The molecule has 0 radical (unpaired) electrons. The maximum Gasteiger partial charge on any atom is 0.336 e. The molecule has 114 valence electrons. The summed E-state index contributed by atoms with van der Waals surface area (Å²) in [4.78, 5) is 16.1. The SMILES string of the molecule is CCc1nc(SCc2cc(=O)oc3cc(OC)ccc23)n[nH]1. The Morgan fingerprint density at radius 1 is 1.36 bits per heavy atom. The number of nitrogens with one attached hydrogen (secondary N) is 1. The van der Waals surface area contributed by atoms with E-state index < -0.39 is 0 Å². The minimum atomic E-state index is -0.374. The van der Waals surface area contributed by atoms with E-state index in [1.165, 1.54) is 17.8 Å². The first-order valence-electron chi connectivity index (χ1n) is 6.84. The quantitative estimate of drug-likeness (QED) is 0.575. The molecule has 3 aromatic rings. The highest BCUT2D eigenvalue weighted by molar-refractivity contribution is 7.98. The summed E-state index contributed by atoms with van der Waals surface area (Å²) in [5, 5.41) is 8.57. The van der Waals surface area contributed by atoms with Crippen LogP contribution in [0.1, 0.15) is 18.3 Å². The van der Waals surface area contributed by atoms with Crippen LogP contribution in [0.15, 0.2) is 38.6 Å². The van der Waals surface area contributed by atoms with Gasteiger partial charge < -0.3 is 9.15 Å². The van der Waals surface area contributed by atoms with Crippen LogP contribution < -0.4 is 10.4 Å². The summed E-state index contributed by atoms with van der Waals surface area (Å²) in [7, 11) is 1.58. The lowest BCUT2D eigenvalue weighted by Crippen LogP contribution is -2.00. The molecule has 22 heavy (non-hydrogen) atoms. The number of hydrogen-bond acceptors (Lipinski definition) is 6. The van der Waals surface area contributed by atoms with Crippen LogP contribution in [-0.2, 0) is 12.2 Å². The number of nitrogens with zero attached hydrogens (tertiary/aromatic N) is 2. The summed E-state index contributed by atoms with van der Waals surface area (Å²) in [5.74, 6) is 2.10. The third-order valence-corrected chi connectivity index (χ3v) is 4.14. The second-order valence-electron chi connectivity index (χ2n) is 4.66. The number of hydrogen-bond donors (Lipinski definition) is 1. The van der Waals surface area contributed by atoms with Crippen molar-refractivity contribution in [3.05, 3.63) is 46.1 Å². The van der Waals surface area contributed by atoms with E-state index in [4.69, 9.17) is 9.15 Å². The first-order chi connectivity index (χ1) is 10.7. The molecular weight excluding hydrogens is 302 g/mol. The summed E-state index contributed by atoms with van der Waals surface area (Å²) in [6.45, 7) is 2.01. The number of aromatic nitrogens is 3. The van der Waals surface area contributed by atoms with E-state index in [1.807, 2.05) is 19.1 Å². The first kappa shape index (κ1) is 14.6. The Morgan fingerprint density at radius 3 is 2.95 bits per heavy atom. The van der Waals surface area contributed by atoms with Gasteiger partial charge in [-0.05, 0) is 17.7 Å². The molecule has 0 bridgehead atoms. The van der Waals surface area contributed by atoms with Gasteiger partial charge in [-0.1, -0.05) is 18.7 Å². The van der Waals surface area contributed by atoms with Gasteiger partial charge in [0.1, 0.15) is 17.2 Å². The lowest BCUT2D eigenvalue weighted by molar-refractivity contribution is 0.414. The fourth-order valence-corrected chi connectivity index (χ4v) is 2.91. The molecule has 7 heteroatoms. The second kappa shape index (κ2) is 6.23. The van der Waals surface area contributed by atoms with Crippen LogP contribution in [0.5, 0.6) is 5.75 Å². The smallest absolute Gasteiger partial charge is 0.336 e. The summed E-state index contributed by atoms with van der Waals surface area (Å²) < 4.78 is 10.4. The van der Waals surface area contributed by atoms with Crippen LogP contribution >= 0.6 is 11.8 Å². The highest BCUT2D eigenvalue weighted by Gasteiger charge is 2.09. The molecule has 2 heterocycles. The number of aryl methyl sites for hydroxylation is 1. The highest BCUT2D eigenvalue weighted by atomic mass is 32.2. The molecule has 1 aromatic carbocycles. The minimum absolute atomic E-state index is 0.374. The Balaban J connectivity index is 1.90. The summed E-state index contributed by atoms with van der Waals surface area (Å²) >= 11 is 1.48. The predicted octanol–water partition coefficient (Wildman–Crippen LogP) is 2.77. The molecule has 2 aromatic heterocycles. The van der Waals surface area contributed by atoms with E-state index in [0.717, 1.165) is 23.2 Å². The molecule has 0 saturated heterocycles. The Morgan fingerprint density at radius 2 is 2.23 bits per heavy atom. The zero-order valence-electron chi connectivity index (χ0n) is 12.3. The monoisotopic (exact) mass is 317 g/mol. The predicted molar refractivity (Wildman–Crippen MR) is 84.4 cm³/mol. The van der Waals surface area contributed by atoms with Crippen molar-refractivity contribution in [2.45, 2.75) is 24.3 Å². The van der Waals surface area contributed by atoms with Crippen molar-refractivity contribution < 1.29 is 9.15 Å². The van der Waals surface area contributed by atoms with Crippen molar-refractivity contribution in [1.29, 1.82) is 0 Å². The van der Waals surface area contributed by atoms with Crippen molar-refractivity contribution in [3.63, 3.8) is 0 Å². The zero-order valence-corrected chi connectivity index (χ0v) is 13.1. The van der Waals surface area contributed by atoms with E-state index in [-0.39, 0.29) is 5.63 Å². The Kier molecular flexibility index (Phi) is 4.15. The van der Waals surface area contributed by atoms with Gasteiger partial charge >= 0.3 is 5.63 Å². The summed E-state index contributed by atoms with van der Waals surface area (Å²) in [6, 6.07) is 6.96. The van der Waals surface area contributed by atoms with Crippen molar-refractivity contribution in [1.82, 2.24) is 15.2 Å². The van der Waals surface area contributed by atoms with Crippen molar-refractivity contribution in [2.75, 3.05) is 7.11 Å². The molecule has 0 aliphatic rings. The number of ether oxygens (including phenoxy) is 1. The number of thioether (sulfide) groups is 1. The van der Waals surface area contributed by atoms with Gasteiger partial charge in [0.05, 0.1) is 7.11 Å². The normalized spacial score (nSPS) is 11.0. The van der Waals surface area contributed by atoms with Crippen LogP contribution in [0.3, 0.4) is 0 Å². The molecule has 0 aliphatic carbocycles. The maximum atomic E-state index is 11.7. The number of aromatic amines is 1. The fourth-order valence-electron chi connectivity index (χ4n) is 2.10. The van der Waals surface area contributed by atoms with E-state index >= 15 is 0 Å². The van der Waals surface area contributed by atoms with Crippen molar-refractivity contribution >= 4 is 22.7 Å². The third kappa shape index (κ3) is 2.99. The zero-order chi connectivity index (χ0) is 15.5. The molecule has 0 fully saturated rings. The van der Waals surface area contributed by atoms with Gasteiger partial charge in [-0.25, -0.2) is 9.78 Å². The molecule has 0 aliphatic heterocycles. The van der Waals surface area contributed by atoms with Gasteiger partial charge in [0.15, 0.2) is 0 Å². The van der Waals surface area contributed by atoms with Gasteiger partial charge in [-0.3, -0.25) is 5.10 Å². The number of rotatable bonds is 5. The van der Waals surface area contributed by atoms with E-state index in [0.29, 0.717) is 22.2 Å². The fraction of sp³-hybridized carbons (Fsp3) is 0.267. The van der Waals surface area contributed by atoms with Crippen LogP contribution in [-0.4, -0.2) is 22.3 Å². The lowest BCUT2D eigenvalue weighted by Gasteiger charge is -2.05. The molecule has 0 amide bonds. The number of benzene rings is 1. The van der Waals surface area contributed by atoms with E-state index in [9.17, 15) is 4.79 Å². The average Bonchev–Trinajstić information content (AvgIpc) is 2.99. The first-order valence-corrected chi connectivity index (χ1v) is 7.83. The van der Waals surface area contributed by atoms with Crippen LogP contribution in [0.2, 0.25) is 0 Å². The Labute approximate surface area is 130 Å². The standard InChI is InChI=1S/C15H15N3O3S/c1-3-13-16-15(18-17-13)22-8-9-6-14(19)21-12-7-10(20-2)4-5-11(9)12/h4-7H,3,8H2,1-2H3,(H,16,17,18).